The van der Waals surface area contributed by atoms with Crippen molar-refractivity contribution >= 4 is 33.6 Å². The van der Waals surface area contributed by atoms with Crippen LogP contribution >= 0.6 is 0 Å². The first-order valence-corrected chi connectivity index (χ1v) is 11.0. The number of hydrogen-bond acceptors (Lipinski definition) is 5. The van der Waals surface area contributed by atoms with Crippen LogP contribution < -0.4 is 9.62 Å². The number of aryl methyl sites for hydroxylation is 1. The fourth-order valence-corrected chi connectivity index (χ4v) is 4.72. The van der Waals surface area contributed by atoms with Crippen LogP contribution in [0.1, 0.15) is 24.0 Å². The lowest BCUT2D eigenvalue weighted by atomic mass is 10.1. The van der Waals surface area contributed by atoms with E-state index in [1.165, 1.54) is 12.1 Å². The summed E-state index contributed by atoms with van der Waals surface area (Å²) in [6, 6.07) is 9.93. The van der Waals surface area contributed by atoms with Gasteiger partial charge in [0.2, 0.25) is 15.9 Å². The van der Waals surface area contributed by atoms with Crippen LogP contribution in [0.5, 0.6) is 0 Å². The first-order chi connectivity index (χ1) is 14.6. The molecule has 0 aliphatic carbocycles. The molecule has 0 radical (unpaired) electrons. The maximum atomic E-state index is 13.3. The van der Waals surface area contributed by atoms with Gasteiger partial charge in [-0.2, -0.15) is 4.72 Å². The molecule has 2 aromatic carbocycles. The number of benzene rings is 2. The number of anilines is 1. The summed E-state index contributed by atoms with van der Waals surface area (Å²) < 4.78 is 27.9. The van der Waals surface area contributed by atoms with Crippen LogP contribution in [-0.2, 0) is 30.8 Å². The minimum Gasteiger partial charge on any atom is -0.481 e. The van der Waals surface area contributed by atoms with Gasteiger partial charge in [0, 0.05) is 18.5 Å². The van der Waals surface area contributed by atoms with Gasteiger partial charge in [0.1, 0.15) is 12.1 Å². The maximum absolute atomic E-state index is 13.3. The van der Waals surface area contributed by atoms with Gasteiger partial charge >= 0.3 is 11.9 Å². The van der Waals surface area contributed by atoms with Crippen molar-refractivity contribution in [1.82, 2.24) is 4.72 Å². The molecule has 0 saturated heterocycles. The third-order valence-electron chi connectivity index (χ3n) is 5.07. The second-order valence-electron chi connectivity index (χ2n) is 7.31. The molecule has 2 atom stereocenters. The third kappa shape index (κ3) is 4.92. The summed E-state index contributed by atoms with van der Waals surface area (Å²) in [5.41, 5.74) is 1.85. The number of nitrogens with one attached hydrogen (secondary N) is 1. The minimum absolute atomic E-state index is 0.0770. The number of carboxylic acid groups (broad SMARTS) is 2. The number of rotatable bonds is 8. The van der Waals surface area contributed by atoms with Gasteiger partial charge in [-0.3, -0.25) is 14.5 Å². The monoisotopic (exact) mass is 446 g/mol. The highest BCUT2D eigenvalue weighted by atomic mass is 32.2. The zero-order valence-corrected chi connectivity index (χ0v) is 17.5. The van der Waals surface area contributed by atoms with Crippen molar-refractivity contribution < 1.29 is 33.0 Å². The summed E-state index contributed by atoms with van der Waals surface area (Å²) in [5.74, 6) is -3.25. The molecule has 10 heteroatoms. The van der Waals surface area contributed by atoms with Crippen molar-refractivity contribution in [3.05, 3.63) is 59.7 Å². The molecule has 0 aromatic heterocycles. The van der Waals surface area contributed by atoms with E-state index in [4.69, 9.17) is 5.11 Å². The van der Waals surface area contributed by atoms with Gasteiger partial charge in [-0.1, -0.05) is 35.9 Å². The van der Waals surface area contributed by atoms with E-state index in [1.807, 2.05) is 0 Å². The lowest BCUT2D eigenvalue weighted by Gasteiger charge is -2.27. The van der Waals surface area contributed by atoms with Gasteiger partial charge < -0.3 is 10.2 Å². The van der Waals surface area contributed by atoms with E-state index in [2.05, 4.69) is 4.72 Å². The van der Waals surface area contributed by atoms with Gasteiger partial charge in [0.25, 0.3) is 0 Å². The summed E-state index contributed by atoms with van der Waals surface area (Å²) in [4.78, 5) is 37.2. The van der Waals surface area contributed by atoms with E-state index in [-0.39, 0.29) is 17.7 Å². The van der Waals surface area contributed by atoms with E-state index >= 15 is 0 Å². The Morgan fingerprint density at radius 3 is 2.35 bits per heavy atom. The second-order valence-corrected chi connectivity index (χ2v) is 9.03. The molecule has 164 valence electrons. The first-order valence-electron chi connectivity index (χ1n) is 9.54. The van der Waals surface area contributed by atoms with E-state index in [9.17, 15) is 27.9 Å². The Bertz CT molecular complexity index is 1110. The molecule has 3 N–H and O–H groups in total. The predicted molar refractivity (Wildman–Crippen MR) is 111 cm³/mol. The standard InChI is InChI=1S/C21H22N2O7S/c1-13-6-8-15(9-7-13)31(29,30)22-16(10-11-19(24)25)20(26)23-17-5-3-2-4-14(17)12-18(23)21(27)28/h2-9,16,18,22H,10-12H2,1H3,(H,24,25)(H,27,28)/t16-,18?/m1/s1. The van der Waals surface area contributed by atoms with E-state index in [0.717, 1.165) is 10.5 Å². The van der Waals surface area contributed by atoms with Crippen molar-refractivity contribution in [3.8, 4) is 0 Å². The molecule has 0 saturated carbocycles. The number of carboxylic acids is 2. The number of para-hydroxylation sites is 1. The quantitative estimate of drug-likeness (QED) is 0.559. The normalized spacial score (nSPS) is 16.5. The van der Waals surface area contributed by atoms with Crippen molar-refractivity contribution in [2.75, 3.05) is 4.90 Å². The van der Waals surface area contributed by atoms with Crippen LogP contribution in [0.3, 0.4) is 0 Å². The second kappa shape index (κ2) is 8.86. The van der Waals surface area contributed by atoms with Crippen LogP contribution in [-0.4, -0.2) is 48.6 Å². The highest BCUT2D eigenvalue weighted by molar-refractivity contribution is 7.89. The number of amides is 1. The van der Waals surface area contributed by atoms with Gasteiger partial charge in [-0.25, -0.2) is 13.2 Å². The lowest BCUT2D eigenvalue weighted by Crippen LogP contribution is -2.53. The predicted octanol–water partition coefficient (Wildman–Crippen LogP) is 1.55. The molecule has 31 heavy (non-hydrogen) atoms. The van der Waals surface area contributed by atoms with Crippen LogP contribution in [0.4, 0.5) is 5.69 Å². The van der Waals surface area contributed by atoms with Crippen LogP contribution in [0.2, 0.25) is 0 Å². The lowest BCUT2D eigenvalue weighted by molar-refractivity contribution is -0.140. The number of nitrogens with zero attached hydrogens (tertiary/aromatic N) is 1. The van der Waals surface area contributed by atoms with Crippen LogP contribution in [0.25, 0.3) is 0 Å². The third-order valence-corrected chi connectivity index (χ3v) is 6.56. The average molecular weight is 446 g/mol. The molecule has 1 aliphatic rings. The van der Waals surface area contributed by atoms with E-state index in [0.29, 0.717) is 11.3 Å². The zero-order chi connectivity index (χ0) is 22.8. The number of carbonyl (C=O) groups is 3. The molecule has 1 amide bonds. The van der Waals surface area contributed by atoms with Crippen LogP contribution in [0.15, 0.2) is 53.4 Å². The Kier molecular flexibility index (Phi) is 6.42. The summed E-state index contributed by atoms with van der Waals surface area (Å²) in [6.07, 6.45) is -0.724. The molecule has 1 unspecified atom stereocenters. The minimum atomic E-state index is -4.15. The highest BCUT2D eigenvalue weighted by Crippen LogP contribution is 2.33. The van der Waals surface area contributed by atoms with E-state index < -0.39 is 46.4 Å². The molecule has 9 nitrogen and oxygen atoms in total. The molecule has 0 bridgehead atoms. The van der Waals surface area contributed by atoms with Crippen LogP contribution in [0, 0.1) is 6.92 Å². The smallest absolute Gasteiger partial charge is 0.327 e. The summed E-state index contributed by atoms with van der Waals surface area (Å²) in [6.45, 7) is 1.79. The summed E-state index contributed by atoms with van der Waals surface area (Å²) >= 11 is 0. The Labute approximate surface area is 179 Å². The Balaban J connectivity index is 1.95. The van der Waals surface area contributed by atoms with E-state index in [1.54, 1.807) is 43.3 Å². The maximum Gasteiger partial charge on any atom is 0.327 e. The Hall–Kier alpha value is -3.24. The zero-order valence-electron chi connectivity index (χ0n) is 16.7. The van der Waals surface area contributed by atoms with Gasteiger partial charge in [-0.15, -0.1) is 0 Å². The summed E-state index contributed by atoms with van der Waals surface area (Å²) in [5, 5.41) is 18.7. The molecule has 0 fully saturated rings. The first kappa shape index (κ1) is 22.4. The Morgan fingerprint density at radius 1 is 1.10 bits per heavy atom. The van der Waals surface area contributed by atoms with Crippen molar-refractivity contribution in [3.63, 3.8) is 0 Å². The molecule has 0 spiro atoms. The molecule has 1 aliphatic heterocycles. The number of hydrogen-bond donors (Lipinski definition) is 3. The number of aliphatic carboxylic acids is 2. The number of carbonyl (C=O) groups excluding carboxylic acids is 1. The van der Waals surface area contributed by atoms with Crippen molar-refractivity contribution in [2.45, 2.75) is 43.2 Å². The molecular formula is C21H22N2O7S. The van der Waals surface area contributed by atoms with Gasteiger partial charge in [-0.05, 0) is 37.1 Å². The number of fused-ring (bicyclic) bond motifs is 1. The number of sulfonamides is 1. The van der Waals surface area contributed by atoms with Gasteiger partial charge in [0.05, 0.1) is 4.90 Å². The van der Waals surface area contributed by atoms with Crippen molar-refractivity contribution in [2.24, 2.45) is 0 Å². The fourth-order valence-electron chi connectivity index (χ4n) is 3.50. The molecule has 2 aromatic rings. The molecule has 3 rings (SSSR count). The van der Waals surface area contributed by atoms with Crippen molar-refractivity contribution in [1.29, 1.82) is 0 Å². The molecular weight excluding hydrogens is 424 g/mol. The summed E-state index contributed by atoms with van der Waals surface area (Å²) in [7, 11) is -4.15. The highest BCUT2D eigenvalue weighted by Gasteiger charge is 2.41. The topological polar surface area (TPSA) is 141 Å². The fraction of sp³-hybridized carbons (Fsp3) is 0.286. The SMILES string of the molecule is Cc1ccc(S(=O)(=O)N[C@H](CCC(=O)O)C(=O)N2c3ccccc3CC2C(=O)O)cc1. The van der Waals surface area contributed by atoms with Gasteiger partial charge in [0.15, 0.2) is 0 Å². The molecule has 1 heterocycles. The largest absolute Gasteiger partial charge is 0.481 e. The Morgan fingerprint density at radius 2 is 1.74 bits per heavy atom. The average Bonchev–Trinajstić information content (AvgIpc) is 3.10.